The summed E-state index contributed by atoms with van der Waals surface area (Å²) in [7, 11) is 3.37. The summed E-state index contributed by atoms with van der Waals surface area (Å²) in [5, 5.41) is 3.38. The van der Waals surface area contributed by atoms with Crippen molar-refractivity contribution in [2.24, 2.45) is 0 Å². The molecule has 1 N–H and O–H groups in total. The summed E-state index contributed by atoms with van der Waals surface area (Å²) in [6, 6.07) is 3.75. The summed E-state index contributed by atoms with van der Waals surface area (Å²) in [6.07, 6.45) is 0. The predicted octanol–water partition coefficient (Wildman–Crippen LogP) is 2.35. The molecule has 2 amide bonds. The van der Waals surface area contributed by atoms with Gasteiger partial charge in [-0.15, -0.1) is 0 Å². The lowest BCUT2D eigenvalue weighted by Gasteiger charge is -2.21. The van der Waals surface area contributed by atoms with Crippen LogP contribution in [0.4, 0.5) is 4.79 Å². The van der Waals surface area contributed by atoms with Crippen LogP contribution < -0.4 is 10.1 Å². The van der Waals surface area contributed by atoms with Gasteiger partial charge in [0.05, 0.1) is 18.2 Å². The van der Waals surface area contributed by atoms with E-state index >= 15 is 0 Å². The number of hydrogen-bond donors (Lipinski definition) is 1. The highest BCUT2D eigenvalue weighted by molar-refractivity contribution is 6.32. The molecule has 1 aliphatic rings. The second-order valence-electron chi connectivity index (χ2n) is 4.16. The van der Waals surface area contributed by atoms with Crippen LogP contribution in [-0.4, -0.2) is 31.6 Å². The van der Waals surface area contributed by atoms with E-state index in [1.165, 1.54) is 0 Å². The molecule has 1 unspecified atom stereocenters. The number of carbonyl (C=O) groups is 1. The molecule has 1 saturated heterocycles. The third kappa shape index (κ3) is 2.05. The Morgan fingerprint density at radius 3 is 2.76 bits per heavy atom. The Morgan fingerprint density at radius 2 is 2.24 bits per heavy atom. The predicted molar refractivity (Wildman–Crippen MR) is 66.6 cm³/mol. The molecule has 0 saturated carbocycles. The van der Waals surface area contributed by atoms with E-state index in [0.717, 1.165) is 11.1 Å². The maximum atomic E-state index is 11.4. The van der Waals surface area contributed by atoms with E-state index < -0.39 is 0 Å². The Hall–Kier alpha value is -1.42. The van der Waals surface area contributed by atoms with E-state index in [1.807, 2.05) is 19.1 Å². The minimum atomic E-state index is -0.0543. The van der Waals surface area contributed by atoms with Crippen molar-refractivity contribution in [3.8, 4) is 5.75 Å². The van der Waals surface area contributed by atoms with Crippen LogP contribution in [0.2, 0.25) is 5.02 Å². The zero-order valence-corrected chi connectivity index (χ0v) is 10.8. The number of nitrogens with one attached hydrogen (secondary N) is 1. The van der Waals surface area contributed by atoms with Gasteiger partial charge in [-0.1, -0.05) is 11.6 Å². The van der Waals surface area contributed by atoms with Gasteiger partial charge in [0.25, 0.3) is 0 Å². The Morgan fingerprint density at radius 1 is 1.53 bits per heavy atom. The molecule has 0 aliphatic carbocycles. The SMILES string of the molecule is COc1cc(C)c(C2CNC(=O)N2C)cc1Cl. The highest BCUT2D eigenvalue weighted by Crippen LogP contribution is 2.33. The molecule has 1 fully saturated rings. The van der Waals surface area contributed by atoms with Crippen molar-refractivity contribution in [2.45, 2.75) is 13.0 Å². The molecule has 0 radical (unpaired) electrons. The lowest BCUT2D eigenvalue weighted by Crippen LogP contribution is -2.25. The van der Waals surface area contributed by atoms with Gasteiger partial charge in [0.1, 0.15) is 5.75 Å². The molecule has 2 rings (SSSR count). The first-order valence-corrected chi connectivity index (χ1v) is 5.77. The van der Waals surface area contributed by atoms with E-state index in [2.05, 4.69) is 5.32 Å². The van der Waals surface area contributed by atoms with E-state index in [4.69, 9.17) is 16.3 Å². The summed E-state index contributed by atoms with van der Waals surface area (Å²) < 4.78 is 5.16. The van der Waals surface area contributed by atoms with Gasteiger partial charge in [-0.3, -0.25) is 0 Å². The maximum Gasteiger partial charge on any atom is 0.317 e. The van der Waals surface area contributed by atoms with Crippen LogP contribution >= 0.6 is 11.6 Å². The fourth-order valence-corrected chi connectivity index (χ4v) is 2.34. The summed E-state index contributed by atoms with van der Waals surface area (Å²) in [4.78, 5) is 13.1. The fraction of sp³-hybridized carbons (Fsp3) is 0.417. The monoisotopic (exact) mass is 254 g/mol. The van der Waals surface area contributed by atoms with E-state index in [1.54, 1.807) is 19.1 Å². The number of ether oxygens (including phenoxy) is 1. The average Bonchev–Trinajstić information content (AvgIpc) is 2.63. The van der Waals surface area contributed by atoms with Gasteiger partial charge >= 0.3 is 6.03 Å². The first-order valence-electron chi connectivity index (χ1n) is 5.39. The van der Waals surface area contributed by atoms with Gasteiger partial charge in [-0.05, 0) is 30.2 Å². The normalized spacial score (nSPS) is 19.4. The zero-order chi connectivity index (χ0) is 12.6. The molecule has 1 aliphatic heterocycles. The minimum Gasteiger partial charge on any atom is -0.495 e. The molecular formula is C12H15ClN2O2. The van der Waals surface area contributed by atoms with Crippen molar-refractivity contribution in [2.75, 3.05) is 20.7 Å². The van der Waals surface area contributed by atoms with E-state index in [0.29, 0.717) is 17.3 Å². The lowest BCUT2D eigenvalue weighted by molar-refractivity contribution is 0.216. The third-order valence-electron chi connectivity index (χ3n) is 3.13. The van der Waals surface area contributed by atoms with Crippen molar-refractivity contribution in [1.82, 2.24) is 10.2 Å². The van der Waals surface area contributed by atoms with Crippen molar-refractivity contribution >= 4 is 17.6 Å². The Bertz CT molecular complexity index is 462. The molecule has 17 heavy (non-hydrogen) atoms. The highest BCUT2D eigenvalue weighted by atomic mass is 35.5. The Balaban J connectivity index is 2.39. The van der Waals surface area contributed by atoms with Crippen molar-refractivity contribution < 1.29 is 9.53 Å². The fourth-order valence-electron chi connectivity index (χ4n) is 2.09. The molecule has 1 heterocycles. The Kier molecular flexibility index (Phi) is 3.15. The quantitative estimate of drug-likeness (QED) is 0.880. The number of methoxy groups -OCH3 is 1. The average molecular weight is 255 g/mol. The Labute approximate surface area is 106 Å². The first kappa shape index (κ1) is 12.0. The number of nitrogens with zero attached hydrogens (tertiary/aromatic N) is 1. The number of carbonyl (C=O) groups excluding carboxylic acids is 1. The van der Waals surface area contributed by atoms with E-state index in [9.17, 15) is 4.79 Å². The molecule has 5 heteroatoms. The zero-order valence-electron chi connectivity index (χ0n) is 10.1. The second kappa shape index (κ2) is 4.45. The number of likely N-dealkylation sites (N-methyl/N-ethyl adjacent to an activating group) is 1. The summed E-state index contributed by atoms with van der Waals surface area (Å²) in [5.41, 5.74) is 2.12. The maximum absolute atomic E-state index is 11.4. The molecular weight excluding hydrogens is 240 g/mol. The van der Waals surface area contributed by atoms with Crippen LogP contribution in [0.3, 0.4) is 0 Å². The van der Waals surface area contributed by atoms with Gasteiger partial charge in [-0.2, -0.15) is 0 Å². The third-order valence-corrected chi connectivity index (χ3v) is 3.43. The largest absolute Gasteiger partial charge is 0.495 e. The molecule has 1 aromatic carbocycles. The molecule has 1 aromatic rings. The molecule has 1 atom stereocenters. The number of benzene rings is 1. The van der Waals surface area contributed by atoms with Crippen LogP contribution in [0.15, 0.2) is 12.1 Å². The van der Waals surface area contributed by atoms with Gasteiger partial charge < -0.3 is 15.0 Å². The number of aryl methyl sites for hydroxylation is 1. The number of hydrogen-bond acceptors (Lipinski definition) is 2. The number of urea groups is 1. The minimum absolute atomic E-state index is 0.0332. The van der Waals surface area contributed by atoms with Crippen molar-refractivity contribution in [3.63, 3.8) is 0 Å². The molecule has 4 nitrogen and oxygen atoms in total. The van der Waals surface area contributed by atoms with Crippen LogP contribution in [0, 0.1) is 6.92 Å². The molecule has 0 spiro atoms. The topological polar surface area (TPSA) is 41.6 Å². The van der Waals surface area contributed by atoms with Crippen LogP contribution in [0.5, 0.6) is 5.75 Å². The summed E-state index contributed by atoms with van der Waals surface area (Å²) >= 11 is 6.12. The van der Waals surface area contributed by atoms with Crippen molar-refractivity contribution in [1.29, 1.82) is 0 Å². The molecule has 0 bridgehead atoms. The van der Waals surface area contributed by atoms with Gasteiger partial charge in [0.15, 0.2) is 0 Å². The van der Waals surface area contributed by atoms with Gasteiger partial charge in [0.2, 0.25) is 0 Å². The van der Waals surface area contributed by atoms with Crippen LogP contribution in [-0.2, 0) is 0 Å². The van der Waals surface area contributed by atoms with Crippen molar-refractivity contribution in [3.05, 3.63) is 28.3 Å². The molecule has 92 valence electrons. The standard InChI is InChI=1S/C12H15ClN2O2/c1-7-4-11(17-3)9(13)5-8(7)10-6-14-12(16)15(10)2/h4-5,10H,6H2,1-3H3,(H,14,16). The first-order chi connectivity index (χ1) is 8.04. The second-order valence-corrected chi connectivity index (χ2v) is 4.56. The number of rotatable bonds is 2. The lowest BCUT2D eigenvalue weighted by atomic mass is 10.0. The van der Waals surface area contributed by atoms with Gasteiger partial charge in [0, 0.05) is 13.6 Å². The highest BCUT2D eigenvalue weighted by Gasteiger charge is 2.29. The smallest absolute Gasteiger partial charge is 0.317 e. The van der Waals surface area contributed by atoms with Crippen LogP contribution in [0.1, 0.15) is 17.2 Å². The number of amides is 2. The summed E-state index contributed by atoms with van der Waals surface area (Å²) in [5.74, 6) is 0.660. The summed E-state index contributed by atoms with van der Waals surface area (Å²) in [6.45, 7) is 2.60. The number of halogens is 1. The van der Waals surface area contributed by atoms with E-state index in [-0.39, 0.29) is 12.1 Å². The van der Waals surface area contributed by atoms with Gasteiger partial charge in [-0.25, -0.2) is 4.79 Å². The van der Waals surface area contributed by atoms with Crippen LogP contribution in [0.25, 0.3) is 0 Å². The molecule has 0 aromatic heterocycles.